The van der Waals surface area contributed by atoms with Gasteiger partial charge in [-0.15, -0.1) is 0 Å². The molecule has 0 saturated carbocycles. The minimum atomic E-state index is -0.384. The first-order valence-electron chi connectivity index (χ1n) is 17.3. The summed E-state index contributed by atoms with van der Waals surface area (Å²) >= 11 is 0. The minimum Gasteiger partial charge on any atom is -0.456 e. The summed E-state index contributed by atoms with van der Waals surface area (Å²) in [7, 11) is 0. The molecule has 0 spiro atoms. The molecule has 200 valence electrons. The Labute approximate surface area is 257 Å². The Morgan fingerprint density at radius 2 is 0.907 bits per heavy atom. The first-order valence-corrected chi connectivity index (χ1v) is 14.3. The molecule has 8 aromatic carbocycles. The molecule has 0 aliphatic rings. The van der Waals surface area contributed by atoms with Crippen molar-refractivity contribution in [3.63, 3.8) is 0 Å². The van der Waals surface area contributed by atoms with E-state index < -0.39 is 0 Å². The van der Waals surface area contributed by atoms with Crippen molar-refractivity contribution in [3.05, 3.63) is 158 Å². The van der Waals surface area contributed by atoms with E-state index >= 15 is 0 Å². The average molecular weight is 553 g/mol. The van der Waals surface area contributed by atoms with Gasteiger partial charge in [-0.05, 0) is 83.9 Å². The Bertz CT molecular complexity index is 2780. The van der Waals surface area contributed by atoms with E-state index in [0.29, 0.717) is 22.3 Å². The number of rotatable bonds is 3. The molecule has 0 saturated heterocycles. The normalized spacial score (nSPS) is 13.7. The highest BCUT2D eigenvalue weighted by Gasteiger charge is 2.19. The fourth-order valence-electron chi connectivity index (χ4n) is 6.54. The molecule has 1 heteroatoms. The van der Waals surface area contributed by atoms with Crippen LogP contribution in [0.15, 0.2) is 162 Å². The number of benzene rings is 8. The summed E-state index contributed by atoms with van der Waals surface area (Å²) in [6.45, 7) is 0. The third kappa shape index (κ3) is 3.65. The van der Waals surface area contributed by atoms with Gasteiger partial charge >= 0.3 is 0 Å². The van der Waals surface area contributed by atoms with E-state index in [0.717, 1.165) is 49.0 Å². The predicted octanol–water partition coefficient (Wildman–Crippen LogP) is 12.0. The highest BCUT2D eigenvalue weighted by molar-refractivity contribution is 6.24. The van der Waals surface area contributed by atoms with Gasteiger partial charge in [0.2, 0.25) is 0 Å². The van der Waals surface area contributed by atoms with Crippen molar-refractivity contribution in [1.82, 2.24) is 0 Å². The molecule has 43 heavy (non-hydrogen) atoms. The highest BCUT2D eigenvalue weighted by Crippen LogP contribution is 2.46. The number of furan rings is 1. The maximum atomic E-state index is 9.67. The summed E-state index contributed by atoms with van der Waals surface area (Å²) in [6, 6.07) is 37.8. The molecule has 9 aromatic rings. The summed E-state index contributed by atoms with van der Waals surface area (Å²) in [5.41, 5.74) is 5.32. The lowest BCUT2D eigenvalue weighted by Gasteiger charge is -2.19. The smallest absolute Gasteiger partial charge is 0.135 e. The molecule has 1 aromatic heterocycles. The molecule has 1 heterocycles. The van der Waals surface area contributed by atoms with Crippen LogP contribution in [0, 0.1) is 0 Å². The Kier molecular flexibility index (Phi) is 4.11. The van der Waals surface area contributed by atoms with Gasteiger partial charge in [-0.3, -0.25) is 0 Å². The van der Waals surface area contributed by atoms with Crippen LogP contribution in [0.25, 0.3) is 87.6 Å². The second kappa shape index (κ2) is 9.44. The van der Waals surface area contributed by atoms with Gasteiger partial charge < -0.3 is 4.42 Å². The molecule has 0 aliphatic heterocycles. The summed E-state index contributed by atoms with van der Waals surface area (Å²) in [5, 5.41) is 5.73. The van der Waals surface area contributed by atoms with Gasteiger partial charge in [0.05, 0.1) is 8.22 Å². The predicted molar refractivity (Wildman–Crippen MR) is 183 cm³/mol. The van der Waals surface area contributed by atoms with Gasteiger partial charge in [0, 0.05) is 10.8 Å². The van der Waals surface area contributed by atoms with Crippen molar-refractivity contribution in [2.24, 2.45) is 0 Å². The van der Waals surface area contributed by atoms with Gasteiger partial charge in [0.1, 0.15) is 11.2 Å². The fraction of sp³-hybridized carbons (Fsp3) is 0. The van der Waals surface area contributed by atoms with E-state index in [1.165, 1.54) is 0 Å². The lowest BCUT2D eigenvalue weighted by atomic mass is 9.84. The molecule has 0 fully saturated rings. The maximum Gasteiger partial charge on any atom is 0.135 e. The van der Waals surface area contributed by atoms with Crippen molar-refractivity contribution >= 4 is 54.3 Å². The molecular weight excluding hydrogens is 520 g/mol. The zero-order valence-electron chi connectivity index (χ0n) is 29.0. The lowest BCUT2D eigenvalue weighted by Crippen LogP contribution is -1.92. The van der Waals surface area contributed by atoms with Crippen molar-refractivity contribution in [3.8, 4) is 33.4 Å². The molecule has 0 amide bonds. The van der Waals surface area contributed by atoms with E-state index in [9.17, 15) is 5.48 Å². The standard InChI is InChI=1S/C42H26O/c1-2-12-27(13-3-1)41-33-17-6-8-19-35(33)42(36-20-9-7-18-34(36)41)37-24-23-29(30-14-4-5-15-31(30)37)28-22-25-40-38(26-28)32-16-10-11-21-39(32)43-40/h1-26H/i4D,5D,14D,15D,23D,24D. The summed E-state index contributed by atoms with van der Waals surface area (Å²) < 4.78 is 61.3. The van der Waals surface area contributed by atoms with Gasteiger partial charge in [-0.1, -0.05) is 139 Å². The molecule has 0 unspecified atom stereocenters. The van der Waals surface area contributed by atoms with E-state index in [-0.39, 0.29) is 52.6 Å². The number of fused-ring (bicyclic) bond motifs is 6. The average Bonchev–Trinajstić information content (AvgIpc) is 3.51. The Hall–Kier alpha value is -5.66. The van der Waals surface area contributed by atoms with Crippen molar-refractivity contribution in [2.45, 2.75) is 0 Å². The Morgan fingerprint density at radius 3 is 1.60 bits per heavy atom. The lowest BCUT2D eigenvalue weighted by molar-refractivity contribution is 0.669. The topological polar surface area (TPSA) is 13.1 Å². The van der Waals surface area contributed by atoms with Crippen molar-refractivity contribution in [1.29, 1.82) is 0 Å². The van der Waals surface area contributed by atoms with Gasteiger partial charge in [0.25, 0.3) is 0 Å². The molecule has 0 bridgehead atoms. The van der Waals surface area contributed by atoms with Gasteiger partial charge in [-0.25, -0.2) is 0 Å². The molecule has 0 atom stereocenters. The Balaban J connectivity index is 1.47. The Morgan fingerprint density at radius 1 is 0.372 bits per heavy atom. The maximum absolute atomic E-state index is 9.67. The summed E-state index contributed by atoms with van der Waals surface area (Å²) in [6.07, 6.45) is 0. The van der Waals surface area contributed by atoms with E-state index in [2.05, 4.69) is 24.3 Å². The number of hydrogen-bond donors (Lipinski definition) is 0. The number of hydrogen-bond acceptors (Lipinski definition) is 1. The second-order valence-electron chi connectivity index (χ2n) is 10.8. The van der Waals surface area contributed by atoms with Crippen LogP contribution in [0.1, 0.15) is 8.22 Å². The molecule has 1 nitrogen and oxygen atoms in total. The molecule has 0 aliphatic carbocycles. The largest absolute Gasteiger partial charge is 0.456 e. The zero-order valence-corrected chi connectivity index (χ0v) is 23.0. The quantitative estimate of drug-likeness (QED) is 0.199. The third-order valence-corrected chi connectivity index (χ3v) is 8.41. The second-order valence-corrected chi connectivity index (χ2v) is 10.8. The van der Waals surface area contributed by atoms with Crippen LogP contribution in [-0.2, 0) is 0 Å². The van der Waals surface area contributed by atoms with Crippen molar-refractivity contribution in [2.75, 3.05) is 0 Å². The number of para-hydroxylation sites is 1. The van der Waals surface area contributed by atoms with Crippen LogP contribution in [-0.4, -0.2) is 0 Å². The van der Waals surface area contributed by atoms with Gasteiger partial charge in [-0.2, -0.15) is 0 Å². The summed E-state index contributed by atoms with van der Waals surface area (Å²) in [4.78, 5) is 0. The van der Waals surface area contributed by atoms with Crippen LogP contribution >= 0.6 is 0 Å². The SMILES string of the molecule is [2H]c1c([2H])c([2H])c2c(-c3c4ccccc4c(-c4ccccc4)c4ccccc34)c([2H])c([2H])c(-c3ccc4oc5ccccc5c4c3)c2c1[2H]. The molecular formula is C42H26O. The van der Waals surface area contributed by atoms with Crippen LogP contribution in [0.3, 0.4) is 0 Å². The van der Waals surface area contributed by atoms with E-state index in [4.69, 9.17) is 7.16 Å². The van der Waals surface area contributed by atoms with Gasteiger partial charge in [0.15, 0.2) is 0 Å². The molecule has 0 radical (unpaired) electrons. The van der Waals surface area contributed by atoms with E-state index in [1.807, 2.05) is 91.0 Å². The van der Waals surface area contributed by atoms with Crippen molar-refractivity contribution < 1.29 is 12.6 Å². The van der Waals surface area contributed by atoms with Crippen LogP contribution < -0.4 is 0 Å². The molecule has 0 N–H and O–H groups in total. The third-order valence-electron chi connectivity index (χ3n) is 8.41. The van der Waals surface area contributed by atoms with Crippen LogP contribution in [0.5, 0.6) is 0 Å². The first kappa shape index (κ1) is 18.7. The van der Waals surface area contributed by atoms with Crippen LogP contribution in [0.4, 0.5) is 0 Å². The zero-order chi connectivity index (χ0) is 33.6. The van der Waals surface area contributed by atoms with E-state index in [1.54, 1.807) is 6.07 Å². The monoisotopic (exact) mass is 552 g/mol. The summed E-state index contributed by atoms with van der Waals surface area (Å²) in [5.74, 6) is 0. The van der Waals surface area contributed by atoms with Crippen LogP contribution in [0.2, 0.25) is 0 Å². The first-order chi connectivity index (χ1) is 23.8. The fourth-order valence-corrected chi connectivity index (χ4v) is 6.54. The molecule has 9 rings (SSSR count). The minimum absolute atomic E-state index is 0.104. The highest BCUT2D eigenvalue weighted by atomic mass is 16.3.